The van der Waals surface area contributed by atoms with Crippen molar-refractivity contribution in [2.75, 3.05) is 7.11 Å². The van der Waals surface area contributed by atoms with Crippen molar-refractivity contribution in [3.63, 3.8) is 0 Å². The molecular weight excluding hydrogens is 255 g/mol. The minimum absolute atomic E-state index is 0.171. The number of hydrogen-bond acceptors (Lipinski definition) is 2. The number of halogens is 1. The number of aryl methyl sites for hydroxylation is 1. The Morgan fingerprint density at radius 2 is 1.85 bits per heavy atom. The van der Waals surface area contributed by atoms with Crippen molar-refractivity contribution < 1.29 is 14.2 Å². The second-order valence-electron chi connectivity index (χ2n) is 4.76. The highest BCUT2D eigenvalue weighted by Gasteiger charge is 2.15. The summed E-state index contributed by atoms with van der Waals surface area (Å²) in [4.78, 5) is 0. The van der Waals surface area contributed by atoms with Crippen molar-refractivity contribution in [3.8, 4) is 5.75 Å². The topological polar surface area (TPSA) is 29.5 Å². The first kappa shape index (κ1) is 14.5. The van der Waals surface area contributed by atoms with Crippen molar-refractivity contribution in [1.29, 1.82) is 0 Å². The lowest BCUT2D eigenvalue weighted by Crippen LogP contribution is -2.03. The molecule has 2 aromatic rings. The fourth-order valence-corrected chi connectivity index (χ4v) is 2.24. The Labute approximate surface area is 118 Å². The van der Waals surface area contributed by atoms with E-state index < -0.39 is 11.9 Å². The second kappa shape index (κ2) is 7.06. The van der Waals surface area contributed by atoms with Crippen LogP contribution < -0.4 is 4.74 Å². The van der Waals surface area contributed by atoms with Crippen molar-refractivity contribution >= 4 is 0 Å². The van der Waals surface area contributed by atoms with Crippen LogP contribution in [0.5, 0.6) is 5.75 Å². The first-order valence-corrected chi connectivity index (χ1v) is 6.76. The summed E-state index contributed by atoms with van der Waals surface area (Å²) in [5.74, 6) is -0.299. The molecule has 1 N–H and O–H groups in total. The van der Waals surface area contributed by atoms with Crippen LogP contribution in [0.4, 0.5) is 4.39 Å². The van der Waals surface area contributed by atoms with E-state index in [0.717, 1.165) is 12.8 Å². The van der Waals surface area contributed by atoms with E-state index in [1.807, 2.05) is 18.2 Å². The molecule has 3 heteroatoms. The zero-order chi connectivity index (χ0) is 14.4. The van der Waals surface area contributed by atoms with Gasteiger partial charge in [-0.2, -0.15) is 0 Å². The lowest BCUT2D eigenvalue weighted by atomic mass is 10.0. The van der Waals surface area contributed by atoms with E-state index in [4.69, 9.17) is 4.74 Å². The Hall–Kier alpha value is -1.87. The van der Waals surface area contributed by atoms with Gasteiger partial charge in [0.2, 0.25) is 0 Å². The van der Waals surface area contributed by atoms with Gasteiger partial charge in [-0.1, -0.05) is 42.5 Å². The maximum Gasteiger partial charge on any atom is 0.170 e. The summed E-state index contributed by atoms with van der Waals surface area (Å²) in [6.45, 7) is 0. The van der Waals surface area contributed by atoms with Gasteiger partial charge in [0, 0.05) is 5.56 Å². The van der Waals surface area contributed by atoms with Crippen LogP contribution in [0.2, 0.25) is 0 Å². The molecule has 0 aliphatic rings. The van der Waals surface area contributed by atoms with E-state index in [2.05, 4.69) is 12.1 Å². The Bertz CT molecular complexity index is 540. The Balaban J connectivity index is 1.93. The summed E-state index contributed by atoms with van der Waals surface area (Å²) in [7, 11) is 1.42. The molecule has 2 nitrogen and oxygen atoms in total. The number of hydrogen-bond donors (Lipinski definition) is 1. The molecule has 0 aliphatic carbocycles. The molecule has 106 valence electrons. The van der Waals surface area contributed by atoms with E-state index in [1.54, 1.807) is 18.2 Å². The van der Waals surface area contributed by atoms with Crippen molar-refractivity contribution in [1.82, 2.24) is 0 Å². The smallest absolute Gasteiger partial charge is 0.170 e. The maximum atomic E-state index is 14.0. The lowest BCUT2D eigenvalue weighted by molar-refractivity contribution is 0.159. The normalized spacial score (nSPS) is 12.2. The number of methoxy groups -OCH3 is 1. The quantitative estimate of drug-likeness (QED) is 0.866. The summed E-state index contributed by atoms with van der Waals surface area (Å²) >= 11 is 0. The van der Waals surface area contributed by atoms with Gasteiger partial charge in [-0.25, -0.2) is 4.39 Å². The minimum Gasteiger partial charge on any atom is -0.494 e. The Morgan fingerprint density at radius 3 is 2.55 bits per heavy atom. The van der Waals surface area contributed by atoms with Gasteiger partial charge >= 0.3 is 0 Å². The molecule has 0 radical (unpaired) electrons. The second-order valence-corrected chi connectivity index (χ2v) is 4.76. The van der Waals surface area contributed by atoms with Crippen LogP contribution in [0.25, 0.3) is 0 Å². The minimum atomic E-state index is -0.797. The number of benzene rings is 2. The third-order valence-corrected chi connectivity index (χ3v) is 3.36. The lowest BCUT2D eigenvalue weighted by Gasteiger charge is -2.13. The van der Waals surface area contributed by atoms with Crippen molar-refractivity contribution in [3.05, 3.63) is 65.5 Å². The molecule has 1 unspecified atom stereocenters. The zero-order valence-corrected chi connectivity index (χ0v) is 11.6. The Morgan fingerprint density at radius 1 is 1.10 bits per heavy atom. The van der Waals surface area contributed by atoms with Crippen LogP contribution in [0, 0.1) is 5.82 Å². The highest BCUT2D eigenvalue weighted by Crippen LogP contribution is 2.27. The van der Waals surface area contributed by atoms with E-state index >= 15 is 0 Å². The molecule has 0 amide bonds. The zero-order valence-electron chi connectivity index (χ0n) is 11.6. The van der Waals surface area contributed by atoms with Crippen LogP contribution >= 0.6 is 0 Å². The molecule has 0 aliphatic heterocycles. The fourth-order valence-electron chi connectivity index (χ4n) is 2.24. The standard InChI is InChI=1S/C17H19FO2/c1-20-16-12-6-10-14(17(16)18)15(19)11-5-9-13-7-3-2-4-8-13/h2-4,6-8,10,12,15,19H,5,9,11H2,1H3. The first-order valence-electron chi connectivity index (χ1n) is 6.76. The predicted octanol–water partition coefficient (Wildman–Crippen LogP) is 3.89. The van der Waals surface area contributed by atoms with Crippen LogP contribution in [0.15, 0.2) is 48.5 Å². The molecular formula is C17H19FO2. The average molecular weight is 274 g/mol. The van der Waals surface area contributed by atoms with Gasteiger partial charge in [0.15, 0.2) is 11.6 Å². The number of aliphatic hydroxyl groups excluding tert-OH is 1. The first-order chi connectivity index (χ1) is 9.72. The Kier molecular flexibility index (Phi) is 5.13. The van der Waals surface area contributed by atoms with E-state index in [-0.39, 0.29) is 5.75 Å². The molecule has 2 aromatic carbocycles. The summed E-state index contributed by atoms with van der Waals surface area (Å²) in [6.07, 6.45) is 1.42. The predicted molar refractivity (Wildman–Crippen MR) is 77.3 cm³/mol. The van der Waals surface area contributed by atoms with Crippen LogP contribution in [-0.2, 0) is 6.42 Å². The van der Waals surface area contributed by atoms with E-state index in [1.165, 1.54) is 12.7 Å². The van der Waals surface area contributed by atoms with Crippen molar-refractivity contribution in [2.24, 2.45) is 0 Å². The fraction of sp³-hybridized carbons (Fsp3) is 0.294. The monoisotopic (exact) mass is 274 g/mol. The van der Waals surface area contributed by atoms with Gasteiger partial charge < -0.3 is 9.84 Å². The summed E-state index contributed by atoms with van der Waals surface area (Å²) in [5, 5.41) is 10.1. The summed E-state index contributed by atoms with van der Waals surface area (Å²) in [6, 6.07) is 14.9. The highest BCUT2D eigenvalue weighted by molar-refractivity contribution is 5.32. The number of aliphatic hydroxyl groups is 1. The summed E-state index contributed by atoms with van der Waals surface area (Å²) in [5.41, 5.74) is 1.53. The van der Waals surface area contributed by atoms with Crippen LogP contribution in [0.1, 0.15) is 30.1 Å². The van der Waals surface area contributed by atoms with Gasteiger partial charge in [-0.05, 0) is 30.9 Å². The van der Waals surface area contributed by atoms with E-state index in [0.29, 0.717) is 12.0 Å². The molecule has 0 aromatic heterocycles. The highest BCUT2D eigenvalue weighted by atomic mass is 19.1. The number of rotatable bonds is 6. The molecule has 1 atom stereocenters. The number of ether oxygens (including phenoxy) is 1. The van der Waals surface area contributed by atoms with Gasteiger partial charge in [-0.15, -0.1) is 0 Å². The SMILES string of the molecule is COc1cccc(C(O)CCCc2ccccc2)c1F. The largest absolute Gasteiger partial charge is 0.494 e. The molecule has 0 spiro atoms. The van der Waals surface area contributed by atoms with E-state index in [9.17, 15) is 9.50 Å². The third kappa shape index (κ3) is 3.58. The van der Waals surface area contributed by atoms with Crippen LogP contribution in [-0.4, -0.2) is 12.2 Å². The van der Waals surface area contributed by atoms with Gasteiger partial charge in [0.25, 0.3) is 0 Å². The van der Waals surface area contributed by atoms with Gasteiger partial charge in [0.1, 0.15) is 0 Å². The molecule has 0 bridgehead atoms. The van der Waals surface area contributed by atoms with Gasteiger partial charge in [-0.3, -0.25) is 0 Å². The average Bonchev–Trinajstić information content (AvgIpc) is 2.48. The maximum absolute atomic E-state index is 14.0. The van der Waals surface area contributed by atoms with Gasteiger partial charge in [0.05, 0.1) is 13.2 Å². The molecule has 20 heavy (non-hydrogen) atoms. The third-order valence-electron chi connectivity index (χ3n) is 3.36. The molecule has 0 heterocycles. The molecule has 0 saturated heterocycles. The molecule has 0 saturated carbocycles. The van der Waals surface area contributed by atoms with Crippen molar-refractivity contribution in [2.45, 2.75) is 25.4 Å². The summed E-state index contributed by atoms with van der Waals surface area (Å²) < 4.78 is 18.9. The molecule has 2 rings (SSSR count). The van der Waals surface area contributed by atoms with Crippen LogP contribution in [0.3, 0.4) is 0 Å². The molecule has 0 fully saturated rings.